The fourth-order valence-electron chi connectivity index (χ4n) is 11.5. The summed E-state index contributed by atoms with van der Waals surface area (Å²) in [6.45, 7) is 7.29. The van der Waals surface area contributed by atoms with E-state index in [1.54, 1.807) is 0 Å². The van der Waals surface area contributed by atoms with Crippen LogP contribution in [0.15, 0.2) is 36.4 Å². The third-order valence-electron chi connectivity index (χ3n) is 14.6. The van der Waals surface area contributed by atoms with Crippen LogP contribution < -0.4 is 20.7 Å². The molecule has 13 heteroatoms. The first kappa shape index (κ1) is 40.2. The molecule has 0 radical (unpaired) electrons. The van der Waals surface area contributed by atoms with E-state index in [0.29, 0.717) is 61.2 Å². The maximum absolute atomic E-state index is 14.4. The Balaban J connectivity index is 0.699. The number of unbranched alkanes of at least 4 members (excludes halogenated alkanes) is 7. The van der Waals surface area contributed by atoms with Crippen LogP contribution in [0.2, 0.25) is 0 Å². The first-order valence-electron chi connectivity index (χ1n) is 22.1. The van der Waals surface area contributed by atoms with Gasteiger partial charge in [-0.1, -0.05) is 44.3 Å². The molecular weight excluding hydrogens is 767 g/mol. The number of hydrogen-bond donors (Lipinski definition) is 3. The topological polar surface area (TPSA) is 152 Å². The van der Waals surface area contributed by atoms with E-state index in [9.17, 15) is 24.4 Å². The second-order valence-corrected chi connectivity index (χ2v) is 20.2. The molecule has 8 heterocycles. The zero-order chi connectivity index (χ0) is 41.2. The van der Waals surface area contributed by atoms with Crippen molar-refractivity contribution in [2.24, 2.45) is 11.3 Å². The van der Waals surface area contributed by atoms with Crippen molar-refractivity contribution >= 4 is 58.6 Å². The molecule has 6 fully saturated rings. The summed E-state index contributed by atoms with van der Waals surface area (Å²) in [6, 6.07) is 4.29. The van der Waals surface area contributed by atoms with Gasteiger partial charge in [0.2, 0.25) is 17.3 Å². The molecule has 316 valence electrons. The quantitative estimate of drug-likeness (QED) is 0.0400. The van der Waals surface area contributed by atoms with Crippen LogP contribution in [0.1, 0.15) is 128 Å². The van der Waals surface area contributed by atoms with Crippen LogP contribution in [0.5, 0.6) is 5.75 Å². The summed E-state index contributed by atoms with van der Waals surface area (Å²) in [5.74, 6) is 1.21. The number of esters is 1. The highest BCUT2D eigenvalue weighted by Gasteiger charge is 2.74. The molecule has 1 aromatic carbocycles. The highest BCUT2D eigenvalue weighted by molar-refractivity contribution is 8.00. The van der Waals surface area contributed by atoms with Gasteiger partial charge in [-0.3, -0.25) is 14.4 Å². The van der Waals surface area contributed by atoms with Gasteiger partial charge in [-0.2, -0.15) is 16.5 Å². The van der Waals surface area contributed by atoms with Gasteiger partial charge >= 0.3 is 12.0 Å². The van der Waals surface area contributed by atoms with Gasteiger partial charge in [-0.05, 0) is 102 Å². The number of urea groups is 1. The number of ether oxygens (including phenoxy) is 2. The van der Waals surface area contributed by atoms with Crippen molar-refractivity contribution in [3.8, 4) is 5.75 Å². The Morgan fingerprint density at radius 2 is 1.86 bits per heavy atom. The van der Waals surface area contributed by atoms with Crippen LogP contribution >= 0.6 is 11.8 Å². The number of piperazine rings is 1. The van der Waals surface area contributed by atoms with E-state index >= 15 is 0 Å². The Hall–Kier alpha value is -4.26. The molecule has 1 aromatic rings. The minimum absolute atomic E-state index is 0.0372. The Bertz CT molecular complexity index is 2060. The molecule has 0 aromatic heterocycles. The normalized spacial score (nSPS) is 32.8. The van der Waals surface area contributed by atoms with Crippen LogP contribution in [0.25, 0.3) is 11.6 Å². The lowest BCUT2D eigenvalue weighted by atomic mass is 9.51. The predicted molar refractivity (Wildman–Crippen MR) is 228 cm³/mol. The van der Waals surface area contributed by atoms with Gasteiger partial charge in [0, 0.05) is 36.3 Å². The molecule has 5 unspecified atom stereocenters. The average molecular weight is 826 g/mol. The molecular formula is C46H59N5O7S. The van der Waals surface area contributed by atoms with Gasteiger partial charge in [0.25, 0.3) is 5.91 Å². The zero-order valence-electron chi connectivity index (χ0n) is 34.7. The van der Waals surface area contributed by atoms with Crippen molar-refractivity contribution < 1.29 is 33.4 Å². The lowest BCUT2D eigenvalue weighted by Gasteiger charge is -2.62. The summed E-state index contributed by atoms with van der Waals surface area (Å²) < 4.78 is 13.1. The summed E-state index contributed by atoms with van der Waals surface area (Å²) >= 11 is 1.91. The minimum atomic E-state index is -1.16. The Morgan fingerprint density at radius 1 is 1.05 bits per heavy atom. The number of fused-ring (bicyclic) bond motifs is 7. The Morgan fingerprint density at radius 3 is 2.71 bits per heavy atom. The summed E-state index contributed by atoms with van der Waals surface area (Å²) in [5, 5.41) is 24.0. The zero-order valence-corrected chi connectivity index (χ0v) is 35.6. The van der Waals surface area contributed by atoms with Crippen LogP contribution in [0.3, 0.4) is 0 Å². The van der Waals surface area contributed by atoms with Gasteiger partial charge in [-0.15, -0.1) is 0 Å². The maximum atomic E-state index is 14.4. The minimum Gasteiger partial charge on any atom is -0.618 e. The van der Waals surface area contributed by atoms with Crippen LogP contribution in [0, 0.1) is 16.5 Å². The van der Waals surface area contributed by atoms with Crippen molar-refractivity contribution in [2.75, 3.05) is 18.9 Å². The van der Waals surface area contributed by atoms with Crippen molar-refractivity contribution in [1.82, 2.24) is 20.9 Å². The van der Waals surface area contributed by atoms with Crippen LogP contribution in [-0.4, -0.2) is 92.1 Å². The van der Waals surface area contributed by atoms with Gasteiger partial charge in [-0.25, -0.2) is 4.79 Å². The fraction of sp³-hybridized carbons (Fsp3) is 0.630. The standard InChI is InChI=1S/C46H59N5O7S/c1-43(2)35-27-45-22-15-24-50(45)41(54)46(35,49-40(45)53)26-31-29-18-19-33-30(38(29)51(56)39(31)43)20-23-44(3,58-33)21-13-9-7-5-4-6-8-10-14-25-57-36(52)17-12-11-16-34-37-32(28-59-34)47-42(55)48-37/h9,13,18-20,23,26,32,34-35,37H,4-8,10-12,14-17,21-22,24-25,27-28H2,1-3H3,(H,49,53)(H2,47,48,55)/b13-9-/t32?,34?,35?,37?,44?,45-,46-/m0/s1. The van der Waals surface area contributed by atoms with Gasteiger partial charge in [0.1, 0.15) is 22.4 Å². The van der Waals surface area contributed by atoms with Crippen molar-refractivity contribution in [2.45, 2.75) is 151 Å². The number of rotatable bonds is 16. The number of thioether (sulfide) groups is 1. The SMILES string of the molecule is CC1(C/C=C\CCCCCCCCOC(=O)CCCCC2SCC3NC(=O)NC32)C=Cc2c(ccc3c2[N+]([O-])=C2C3=C[C@@]34NC(=O)[C@]5(CCCN5C3=O)CC4C2(C)C)O1. The molecule has 6 saturated heterocycles. The number of hydrogen-bond acceptors (Lipinski definition) is 8. The number of allylic oxidation sites excluding steroid dienone is 2. The van der Waals surface area contributed by atoms with Crippen molar-refractivity contribution in [3.05, 3.63) is 52.8 Å². The molecule has 8 aliphatic heterocycles. The molecule has 12 nitrogen and oxygen atoms in total. The summed E-state index contributed by atoms with van der Waals surface area (Å²) in [5.41, 5.74) is 0.301. The Labute approximate surface area is 351 Å². The summed E-state index contributed by atoms with van der Waals surface area (Å²) in [4.78, 5) is 53.2. The summed E-state index contributed by atoms with van der Waals surface area (Å²) in [7, 11) is 0. The molecule has 2 bridgehead atoms. The molecule has 7 atom stereocenters. The van der Waals surface area contributed by atoms with Crippen molar-refractivity contribution in [3.63, 3.8) is 0 Å². The number of nitrogens with one attached hydrogen (secondary N) is 3. The largest absolute Gasteiger partial charge is 0.618 e. The number of carbonyl (C=O) groups is 4. The van der Waals surface area contributed by atoms with E-state index in [2.05, 4.69) is 54.9 Å². The number of amides is 4. The third kappa shape index (κ3) is 6.77. The van der Waals surface area contributed by atoms with Crippen molar-refractivity contribution in [1.29, 1.82) is 0 Å². The molecule has 1 aliphatic carbocycles. The second-order valence-electron chi connectivity index (χ2n) is 18.9. The molecule has 0 saturated carbocycles. The predicted octanol–water partition coefficient (Wildman–Crippen LogP) is 7.07. The van der Waals surface area contributed by atoms with Gasteiger partial charge in [0.05, 0.1) is 40.8 Å². The number of piperidine rings is 2. The van der Waals surface area contributed by atoms with Crippen LogP contribution in [0.4, 0.5) is 10.5 Å². The molecule has 10 rings (SSSR count). The Kier molecular flexibility index (Phi) is 10.4. The van der Waals surface area contributed by atoms with E-state index in [4.69, 9.17) is 9.47 Å². The monoisotopic (exact) mass is 825 g/mol. The highest BCUT2D eigenvalue weighted by Crippen LogP contribution is 2.61. The lowest BCUT2D eigenvalue weighted by Crippen LogP contribution is -2.83. The average Bonchev–Trinajstić information content (AvgIpc) is 3.97. The summed E-state index contributed by atoms with van der Waals surface area (Å²) in [6.07, 6.45) is 24.0. The molecule has 4 amide bonds. The van der Waals surface area contributed by atoms with E-state index in [-0.39, 0.29) is 41.8 Å². The van der Waals surface area contributed by atoms with E-state index in [1.165, 1.54) is 6.42 Å². The third-order valence-corrected chi connectivity index (χ3v) is 16.1. The van der Waals surface area contributed by atoms with E-state index < -0.39 is 22.1 Å². The van der Waals surface area contributed by atoms with E-state index in [0.717, 1.165) is 91.4 Å². The van der Waals surface area contributed by atoms with Gasteiger partial charge < -0.3 is 35.5 Å². The fourth-order valence-corrected chi connectivity index (χ4v) is 13.0. The van der Waals surface area contributed by atoms with Gasteiger partial charge in [0.15, 0.2) is 0 Å². The number of nitrogens with zero attached hydrogens (tertiary/aromatic N) is 2. The molecule has 9 aliphatic rings. The smallest absolute Gasteiger partial charge is 0.315 e. The molecule has 2 spiro atoms. The second kappa shape index (κ2) is 15.3. The first-order valence-corrected chi connectivity index (χ1v) is 23.2. The van der Waals surface area contributed by atoms with Crippen LogP contribution in [-0.2, 0) is 19.1 Å². The molecule has 3 N–H and O–H groups in total. The maximum Gasteiger partial charge on any atom is 0.315 e. The van der Waals surface area contributed by atoms with E-state index in [1.807, 2.05) is 40.9 Å². The number of benzene rings is 1. The highest BCUT2D eigenvalue weighted by atomic mass is 32.2. The number of carbonyl (C=O) groups excluding carboxylic acids is 4. The lowest BCUT2D eigenvalue weighted by molar-refractivity contribution is -0.362. The molecule has 59 heavy (non-hydrogen) atoms. The first-order chi connectivity index (χ1) is 28.4.